The van der Waals surface area contributed by atoms with Crippen LogP contribution in [-0.4, -0.2) is 23.4 Å². The van der Waals surface area contributed by atoms with E-state index in [4.69, 9.17) is 5.10 Å². The molecular formula is C14H27N3. The number of hydrogen-bond donors (Lipinski definition) is 1. The van der Waals surface area contributed by atoms with E-state index in [-0.39, 0.29) is 0 Å². The van der Waals surface area contributed by atoms with Gasteiger partial charge in [-0.3, -0.25) is 4.68 Å². The van der Waals surface area contributed by atoms with Crippen molar-refractivity contribution in [2.24, 2.45) is 0 Å². The highest BCUT2D eigenvalue weighted by atomic mass is 15.3. The Kier molecular flexibility index (Phi) is 5.69. The van der Waals surface area contributed by atoms with Gasteiger partial charge >= 0.3 is 0 Å². The maximum absolute atomic E-state index is 4.81. The maximum atomic E-state index is 4.81. The van der Waals surface area contributed by atoms with E-state index in [1.54, 1.807) is 0 Å². The lowest BCUT2D eigenvalue weighted by atomic mass is 10.1. The lowest BCUT2D eigenvalue weighted by Gasteiger charge is -2.13. The number of rotatable bonds is 7. The Morgan fingerprint density at radius 1 is 1.24 bits per heavy atom. The van der Waals surface area contributed by atoms with Gasteiger partial charge < -0.3 is 5.32 Å². The molecule has 17 heavy (non-hydrogen) atoms. The molecule has 3 nitrogen and oxygen atoms in total. The summed E-state index contributed by atoms with van der Waals surface area (Å²) >= 11 is 0. The van der Waals surface area contributed by atoms with Gasteiger partial charge in [0.2, 0.25) is 0 Å². The first-order valence-electron chi connectivity index (χ1n) is 6.93. The van der Waals surface area contributed by atoms with Crippen LogP contribution < -0.4 is 5.32 Å². The van der Waals surface area contributed by atoms with Gasteiger partial charge in [0.25, 0.3) is 0 Å². The summed E-state index contributed by atoms with van der Waals surface area (Å²) in [5.41, 5.74) is 4.20. The van der Waals surface area contributed by atoms with Gasteiger partial charge in [0.15, 0.2) is 0 Å². The van der Waals surface area contributed by atoms with Crippen LogP contribution >= 0.6 is 0 Å². The standard InChI is InChI=1S/C14H27N3/c1-6-11(4)17-14(8-3)12(9-10-15-5)13(7-2)16-17/h11,15H,6-10H2,1-5H3. The number of aryl methyl sites for hydroxylation is 1. The molecule has 0 radical (unpaired) electrons. The Balaban J connectivity index is 3.10. The van der Waals surface area contributed by atoms with Crippen molar-refractivity contribution in [3.8, 4) is 0 Å². The average molecular weight is 237 g/mol. The predicted molar refractivity (Wildman–Crippen MR) is 73.6 cm³/mol. The molecule has 98 valence electrons. The number of nitrogens with one attached hydrogen (secondary N) is 1. The van der Waals surface area contributed by atoms with Crippen molar-refractivity contribution >= 4 is 0 Å². The van der Waals surface area contributed by atoms with Crippen molar-refractivity contribution in [3.63, 3.8) is 0 Å². The van der Waals surface area contributed by atoms with E-state index >= 15 is 0 Å². The average Bonchev–Trinajstić information content (AvgIpc) is 2.72. The van der Waals surface area contributed by atoms with Gasteiger partial charge in [-0.2, -0.15) is 5.10 Å². The van der Waals surface area contributed by atoms with Crippen molar-refractivity contribution in [2.45, 2.75) is 59.4 Å². The minimum Gasteiger partial charge on any atom is -0.319 e. The molecule has 1 rings (SSSR count). The zero-order valence-corrected chi connectivity index (χ0v) is 12.0. The van der Waals surface area contributed by atoms with Gasteiger partial charge in [-0.25, -0.2) is 0 Å². The summed E-state index contributed by atoms with van der Waals surface area (Å²) in [6, 6.07) is 0.513. The number of aromatic nitrogens is 2. The van der Waals surface area contributed by atoms with Crippen molar-refractivity contribution in [1.82, 2.24) is 15.1 Å². The molecule has 1 unspecified atom stereocenters. The van der Waals surface area contributed by atoms with E-state index in [0.29, 0.717) is 6.04 Å². The molecule has 3 heteroatoms. The third kappa shape index (κ3) is 3.09. The van der Waals surface area contributed by atoms with Gasteiger partial charge in [-0.1, -0.05) is 20.8 Å². The molecule has 1 aromatic heterocycles. The van der Waals surface area contributed by atoms with Crippen LogP contribution in [0.15, 0.2) is 0 Å². The molecular weight excluding hydrogens is 210 g/mol. The number of hydrogen-bond acceptors (Lipinski definition) is 2. The largest absolute Gasteiger partial charge is 0.319 e. The van der Waals surface area contributed by atoms with E-state index in [9.17, 15) is 0 Å². The van der Waals surface area contributed by atoms with E-state index in [1.165, 1.54) is 17.0 Å². The van der Waals surface area contributed by atoms with E-state index in [0.717, 1.165) is 32.2 Å². The second kappa shape index (κ2) is 6.80. The van der Waals surface area contributed by atoms with Crippen molar-refractivity contribution in [1.29, 1.82) is 0 Å². The molecule has 0 aliphatic rings. The van der Waals surface area contributed by atoms with Crippen LogP contribution in [0, 0.1) is 0 Å². The highest BCUT2D eigenvalue weighted by molar-refractivity contribution is 5.27. The Morgan fingerprint density at radius 3 is 2.41 bits per heavy atom. The fourth-order valence-corrected chi connectivity index (χ4v) is 2.29. The van der Waals surface area contributed by atoms with Gasteiger partial charge in [-0.05, 0) is 51.8 Å². The Morgan fingerprint density at radius 2 is 1.94 bits per heavy atom. The highest BCUT2D eigenvalue weighted by Gasteiger charge is 2.17. The van der Waals surface area contributed by atoms with Gasteiger partial charge in [0.05, 0.1) is 5.69 Å². The van der Waals surface area contributed by atoms with Crippen molar-refractivity contribution in [3.05, 3.63) is 17.0 Å². The molecule has 0 saturated heterocycles. The molecule has 0 aromatic carbocycles. The first-order valence-corrected chi connectivity index (χ1v) is 6.93. The summed E-state index contributed by atoms with van der Waals surface area (Å²) in [7, 11) is 2.01. The zero-order chi connectivity index (χ0) is 12.8. The summed E-state index contributed by atoms with van der Waals surface area (Å²) in [4.78, 5) is 0. The second-order valence-electron chi connectivity index (χ2n) is 4.63. The third-order valence-electron chi connectivity index (χ3n) is 3.50. The van der Waals surface area contributed by atoms with Gasteiger partial charge in [-0.15, -0.1) is 0 Å². The van der Waals surface area contributed by atoms with Crippen LogP contribution in [0.3, 0.4) is 0 Å². The summed E-state index contributed by atoms with van der Waals surface area (Å²) in [6.45, 7) is 9.95. The topological polar surface area (TPSA) is 29.9 Å². The molecule has 1 N–H and O–H groups in total. The first kappa shape index (κ1) is 14.2. The smallest absolute Gasteiger partial charge is 0.0657 e. The number of nitrogens with zero attached hydrogens (tertiary/aromatic N) is 2. The molecule has 1 heterocycles. The monoisotopic (exact) mass is 237 g/mol. The summed E-state index contributed by atoms with van der Waals surface area (Å²) in [5, 5.41) is 8.05. The fourth-order valence-electron chi connectivity index (χ4n) is 2.29. The molecule has 0 amide bonds. The molecule has 0 fully saturated rings. The quantitative estimate of drug-likeness (QED) is 0.790. The van der Waals surface area contributed by atoms with Gasteiger partial charge in [0, 0.05) is 11.7 Å². The molecule has 1 atom stereocenters. The molecule has 0 aliphatic carbocycles. The third-order valence-corrected chi connectivity index (χ3v) is 3.50. The van der Waals surface area contributed by atoms with E-state index in [2.05, 4.69) is 37.7 Å². The van der Waals surface area contributed by atoms with Crippen LogP contribution in [0.25, 0.3) is 0 Å². The SMILES string of the molecule is CCc1nn(C(C)CC)c(CC)c1CCNC. The van der Waals surface area contributed by atoms with Crippen LogP contribution in [0.4, 0.5) is 0 Å². The second-order valence-corrected chi connectivity index (χ2v) is 4.63. The maximum Gasteiger partial charge on any atom is 0.0657 e. The number of likely N-dealkylation sites (N-methyl/N-ethyl adjacent to an activating group) is 1. The Bertz CT molecular complexity index is 341. The lowest BCUT2D eigenvalue weighted by Crippen LogP contribution is -2.13. The normalized spacial score (nSPS) is 13.0. The van der Waals surface area contributed by atoms with Crippen LogP contribution in [0.1, 0.15) is 57.1 Å². The lowest BCUT2D eigenvalue weighted by molar-refractivity contribution is 0.458. The molecule has 1 aromatic rings. The predicted octanol–water partition coefficient (Wildman–Crippen LogP) is 2.74. The zero-order valence-electron chi connectivity index (χ0n) is 12.0. The van der Waals surface area contributed by atoms with E-state index < -0.39 is 0 Å². The molecule has 0 spiro atoms. The minimum absolute atomic E-state index is 0.513. The highest BCUT2D eigenvalue weighted by Crippen LogP contribution is 2.21. The Hall–Kier alpha value is -0.830. The van der Waals surface area contributed by atoms with Crippen LogP contribution in [-0.2, 0) is 19.3 Å². The van der Waals surface area contributed by atoms with Crippen molar-refractivity contribution in [2.75, 3.05) is 13.6 Å². The Labute approximate surface area is 106 Å². The first-order chi connectivity index (χ1) is 8.19. The van der Waals surface area contributed by atoms with Gasteiger partial charge in [0.1, 0.15) is 0 Å². The summed E-state index contributed by atoms with van der Waals surface area (Å²) in [5.74, 6) is 0. The van der Waals surface area contributed by atoms with Crippen LogP contribution in [0.5, 0.6) is 0 Å². The summed E-state index contributed by atoms with van der Waals surface area (Å²) in [6.07, 6.45) is 4.36. The van der Waals surface area contributed by atoms with E-state index in [1.807, 2.05) is 7.05 Å². The van der Waals surface area contributed by atoms with Crippen LogP contribution in [0.2, 0.25) is 0 Å². The summed E-state index contributed by atoms with van der Waals surface area (Å²) < 4.78 is 2.25. The van der Waals surface area contributed by atoms with Crippen molar-refractivity contribution < 1.29 is 0 Å². The fraction of sp³-hybridized carbons (Fsp3) is 0.786. The molecule has 0 saturated carbocycles. The molecule has 0 aliphatic heterocycles. The molecule has 0 bridgehead atoms. The minimum atomic E-state index is 0.513.